The van der Waals surface area contributed by atoms with Crippen LogP contribution in [0.15, 0.2) is 0 Å². The second-order valence-corrected chi connectivity index (χ2v) is 8.49. The molecule has 0 amide bonds. The summed E-state index contributed by atoms with van der Waals surface area (Å²) in [5, 5.41) is 0. The highest BCUT2D eigenvalue weighted by molar-refractivity contribution is 5.78. The normalized spacial score (nSPS) is 45.4. The second kappa shape index (κ2) is 5.46. The lowest BCUT2D eigenvalue weighted by Gasteiger charge is -2.47. The van der Waals surface area contributed by atoms with Crippen LogP contribution in [0.1, 0.15) is 77.0 Å². The molecule has 0 aromatic rings. The molecule has 0 aromatic carbocycles. The Morgan fingerprint density at radius 1 is 0.700 bits per heavy atom. The van der Waals surface area contributed by atoms with Crippen molar-refractivity contribution in [3.05, 3.63) is 0 Å². The predicted molar refractivity (Wildman–Crippen MR) is 81.4 cm³/mol. The predicted octanol–water partition coefficient (Wildman–Crippen LogP) is 4.99. The fourth-order valence-electron chi connectivity index (χ4n) is 5.76. The molecule has 2 atom stereocenters. The lowest BCUT2D eigenvalue weighted by molar-refractivity contribution is -0.120. The van der Waals surface area contributed by atoms with E-state index in [1.807, 2.05) is 0 Å². The Morgan fingerprint density at radius 3 is 1.50 bits per heavy atom. The topological polar surface area (TPSA) is 17.1 Å². The summed E-state index contributed by atoms with van der Waals surface area (Å²) in [6.07, 6.45) is 15.9. The van der Waals surface area contributed by atoms with Gasteiger partial charge >= 0.3 is 0 Å². The first kappa shape index (κ1) is 13.3. The number of hydrogen-bond acceptors (Lipinski definition) is 1. The van der Waals surface area contributed by atoms with E-state index in [9.17, 15) is 4.79 Å². The molecular formula is C19H30O. The molecule has 6 aliphatic carbocycles. The van der Waals surface area contributed by atoms with Gasteiger partial charge in [-0.3, -0.25) is 4.79 Å². The molecule has 2 unspecified atom stereocenters. The Morgan fingerprint density at radius 2 is 1.15 bits per heavy atom. The van der Waals surface area contributed by atoms with Crippen LogP contribution in [0, 0.1) is 35.5 Å². The Hall–Kier alpha value is -0.330. The summed E-state index contributed by atoms with van der Waals surface area (Å²) >= 11 is 0. The number of Topliss-reactive ketones (excluding diaryl/α,β-unsaturated/α-hetero) is 1. The number of fused-ring (bicyclic) bond motifs is 4. The Bertz CT molecular complexity index is 322. The molecule has 0 radical (unpaired) electrons. The van der Waals surface area contributed by atoms with Crippen LogP contribution in [0.5, 0.6) is 0 Å². The molecule has 0 aromatic heterocycles. The van der Waals surface area contributed by atoms with Gasteiger partial charge in [-0.25, -0.2) is 0 Å². The van der Waals surface area contributed by atoms with E-state index in [1.54, 1.807) is 0 Å². The third kappa shape index (κ3) is 2.57. The van der Waals surface area contributed by atoms with Crippen LogP contribution >= 0.6 is 0 Å². The van der Waals surface area contributed by atoms with Crippen LogP contribution in [0.3, 0.4) is 0 Å². The summed E-state index contributed by atoms with van der Waals surface area (Å²) < 4.78 is 0. The molecule has 0 aliphatic heterocycles. The first-order valence-corrected chi connectivity index (χ1v) is 9.29. The average molecular weight is 274 g/mol. The average Bonchev–Trinajstić information content (AvgIpc) is 2.41. The van der Waals surface area contributed by atoms with Crippen molar-refractivity contribution in [3.8, 4) is 0 Å². The molecule has 6 aliphatic rings. The van der Waals surface area contributed by atoms with E-state index in [0.717, 1.165) is 48.3 Å². The van der Waals surface area contributed by atoms with E-state index >= 15 is 0 Å². The highest BCUT2D eigenvalue weighted by Gasteiger charge is 2.40. The quantitative estimate of drug-likeness (QED) is 0.667. The van der Waals surface area contributed by atoms with E-state index in [1.165, 1.54) is 64.2 Å². The van der Waals surface area contributed by atoms with E-state index in [-0.39, 0.29) is 0 Å². The summed E-state index contributed by atoms with van der Waals surface area (Å²) in [4.78, 5) is 12.2. The summed E-state index contributed by atoms with van der Waals surface area (Å²) in [6.45, 7) is 0. The molecular weight excluding hydrogens is 244 g/mol. The maximum Gasteiger partial charge on any atom is 0.132 e. The summed E-state index contributed by atoms with van der Waals surface area (Å²) in [5.41, 5.74) is 0. The van der Waals surface area contributed by atoms with Gasteiger partial charge < -0.3 is 0 Å². The van der Waals surface area contributed by atoms with Crippen molar-refractivity contribution in [3.63, 3.8) is 0 Å². The van der Waals surface area contributed by atoms with Gasteiger partial charge in [0.25, 0.3) is 0 Å². The molecule has 0 spiro atoms. The van der Waals surface area contributed by atoms with Gasteiger partial charge in [0, 0.05) is 12.8 Å². The summed E-state index contributed by atoms with van der Waals surface area (Å²) in [7, 11) is 0. The van der Waals surface area contributed by atoms with Crippen LogP contribution in [0.2, 0.25) is 0 Å². The smallest absolute Gasteiger partial charge is 0.132 e. The van der Waals surface area contributed by atoms with Gasteiger partial charge in [0.2, 0.25) is 0 Å². The Balaban J connectivity index is 1.15. The molecule has 4 bridgehead atoms. The van der Waals surface area contributed by atoms with Gasteiger partial charge in [0.1, 0.15) is 5.78 Å². The fourth-order valence-corrected chi connectivity index (χ4v) is 5.76. The first-order valence-electron chi connectivity index (χ1n) is 9.29. The molecule has 6 fully saturated rings. The van der Waals surface area contributed by atoms with E-state index in [4.69, 9.17) is 0 Å². The maximum atomic E-state index is 12.2. The summed E-state index contributed by atoms with van der Waals surface area (Å²) in [5.74, 6) is 6.55. The highest BCUT2D eigenvalue weighted by Crippen LogP contribution is 2.51. The molecule has 0 saturated heterocycles. The molecule has 6 rings (SSSR count). The Labute approximate surface area is 123 Å². The van der Waals surface area contributed by atoms with Crippen molar-refractivity contribution < 1.29 is 4.79 Å². The van der Waals surface area contributed by atoms with Gasteiger partial charge in [-0.1, -0.05) is 12.8 Å². The van der Waals surface area contributed by atoms with Gasteiger partial charge in [-0.2, -0.15) is 0 Å². The number of rotatable bonds is 6. The molecule has 0 N–H and O–H groups in total. The minimum atomic E-state index is 0.577. The highest BCUT2D eigenvalue weighted by atomic mass is 16.1. The van der Waals surface area contributed by atoms with Crippen molar-refractivity contribution in [1.82, 2.24) is 0 Å². The molecule has 1 heteroatoms. The van der Waals surface area contributed by atoms with Crippen molar-refractivity contribution in [2.45, 2.75) is 77.0 Å². The third-order valence-corrected chi connectivity index (χ3v) is 7.36. The SMILES string of the molecule is O=C(CCC1CCC2CC1C2)CCC1CCC2CC1C2. The van der Waals surface area contributed by atoms with Crippen molar-refractivity contribution >= 4 is 5.78 Å². The van der Waals surface area contributed by atoms with E-state index in [0.29, 0.717) is 5.78 Å². The number of hydrogen-bond donors (Lipinski definition) is 0. The molecule has 112 valence electrons. The number of ketones is 1. The lowest BCUT2D eigenvalue weighted by atomic mass is 9.58. The largest absolute Gasteiger partial charge is 0.300 e. The van der Waals surface area contributed by atoms with Gasteiger partial charge in [0.15, 0.2) is 0 Å². The fraction of sp³-hybridized carbons (Fsp3) is 0.947. The monoisotopic (exact) mass is 274 g/mol. The molecule has 1 nitrogen and oxygen atoms in total. The first-order chi connectivity index (χ1) is 9.78. The van der Waals surface area contributed by atoms with Crippen molar-refractivity contribution in [2.75, 3.05) is 0 Å². The third-order valence-electron chi connectivity index (χ3n) is 7.36. The zero-order chi connectivity index (χ0) is 13.5. The maximum absolute atomic E-state index is 12.2. The van der Waals surface area contributed by atoms with Crippen LogP contribution in [-0.4, -0.2) is 5.78 Å². The van der Waals surface area contributed by atoms with Crippen LogP contribution in [0.25, 0.3) is 0 Å². The standard InChI is InChI=1S/C19H30O/c20-19(7-5-15-3-1-13-9-17(15)10-13)8-6-16-4-2-14-11-18(16)12-14/h13-18H,1-12H2. The second-order valence-electron chi connectivity index (χ2n) is 8.49. The molecule has 6 saturated carbocycles. The van der Waals surface area contributed by atoms with Crippen LogP contribution < -0.4 is 0 Å². The van der Waals surface area contributed by atoms with Gasteiger partial charge in [-0.05, 0) is 86.9 Å². The summed E-state index contributed by atoms with van der Waals surface area (Å²) in [6, 6.07) is 0. The van der Waals surface area contributed by atoms with E-state index < -0.39 is 0 Å². The Kier molecular flexibility index (Phi) is 3.64. The van der Waals surface area contributed by atoms with Crippen LogP contribution in [0.4, 0.5) is 0 Å². The van der Waals surface area contributed by atoms with Crippen molar-refractivity contribution in [1.29, 1.82) is 0 Å². The minimum absolute atomic E-state index is 0.577. The van der Waals surface area contributed by atoms with Crippen molar-refractivity contribution in [2.24, 2.45) is 35.5 Å². The van der Waals surface area contributed by atoms with Gasteiger partial charge in [-0.15, -0.1) is 0 Å². The number of carbonyl (C=O) groups is 1. The van der Waals surface area contributed by atoms with E-state index in [2.05, 4.69) is 0 Å². The zero-order valence-corrected chi connectivity index (χ0v) is 12.9. The molecule has 0 heterocycles. The van der Waals surface area contributed by atoms with Crippen LogP contribution in [-0.2, 0) is 4.79 Å². The lowest BCUT2D eigenvalue weighted by Crippen LogP contribution is -2.36. The van der Waals surface area contributed by atoms with Gasteiger partial charge in [0.05, 0.1) is 0 Å². The number of carbonyl (C=O) groups excluding carboxylic acids is 1. The minimum Gasteiger partial charge on any atom is -0.300 e. The zero-order valence-electron chi connectivity index (χ0n) is 12.9. The molecule has 20 heavy (non-hydrogen) atoms.